The highest BCUT2D eigenvalue weighted by molar-refractivity contribution is 5.69. The van der Waals surface area contributed by atoms with Gasteiger partial charge in [0.1, 0.15) is 5.60 Å². The summed E-state index contributed by atoms with van der Waals surface area (Å²) >= 11 is 0. The molecule has 4 nitrogen and oxygen atoms in total. The van der Waals surface area contributed by atoms with E-state index < -0.39 is 5.60 Å². The zero-order valence-electron chi connectivity index (χ0n) is 12.5. The number of nitrogens with two attached hydrogens (primary N) is 1. The first-order valence-electron chi connectivity index (χ1n) is 7.64. The van der Waals surface area contributed by atoms with Gasteiger partial charge in [-0.15, -0.1) is 0 Å². The topological polar surface area (TPSA) is 55.6 Å². The maximum Gasteiger partial charge on any atom is 0.410 e. The van der Waals surface area contributed by atoms with E-state index >= 15 is 0 Å². The van der Waals surface area contributed by atoms with Gasteiger partial charge in [-0.3, -0.25) is 0 Å². The van der Waals surface area contributed by atoms with Gasteiger partial charge in [-0.05, 0) is 52.4 Å². The molecule has 0 aromatic carbocycles. The minimum atomic E-state index is -0.418. The van der Waals surface area contributed by atoms with E-state index in [4.69, 9.17) is 10.5 Å². The van der Waals surface area contributed by atoms with Crippen molar-refractivity contribution in [2.45, 2.75) is 77.0 Å². The van der Waals surface area contributed by atoms with Crippen molar-refractivity contribution in [2.75, 3.05) is 6.54 Å². The highest BCUT2D eigenvalue weighted by atomic mass is 16.6. The van der Waals surface area contributed by atoms with Gasteiger partial charge in [-0.25, -0.2) is 4.79 Å². The van der Waals surface area contributed by atoms with E-state index in [1.54, 1.807) is 0 Å². The van der Waals surface area contributed by atoms with E-state index in [2.05, 4.69) is 0 Å². The van der Waals surface area contributed by atoms with E-state index in [1.807, 2.05) is 25.7 Å². The van der Waals surface area contributed by atoms with Gasteiger partial charge in [0.2, 0.25) is 0 Å². The molecule has 0 bridgehead atoms. The summed E-state index contributed by atoms with van der Waals surface area (Å²) in [6, 6.07) is 0.548. The van der Waals surface area contributed by atoms with Gasteiger partial charge in [0, 0.05) is 18.6 Å². The van der Waals surface area contributed by atoms with Crippen LogP contribution >= 0.6 is 0 Å². The van der Waals surface area contributed by atoms with Crippen LogP contribution in [0.4, 0.5) is 4.79 Å². The molecule has 1 aliphatic heterocycles. The van der Waals surface area contributed by atoms with Crippen molar-refractivity contribution < 1.29 is 9.53 Å². The Labute approximate surface area is 116 Å². The van der Waals surface area contributed by atoms with Gasteiger partial charge in [0.05, 0.1) is 0 Å². The Kier molecular flexibility index (Phi) is 4.39. The molecule has 0 radical (unpaired) electrons. The van der Waals surface area contributed by atoms with E-state index in [0.717, 1.165) is 32.2 Å². The zero-order valence-corrected chi connectivity index (χ0v) is 12.5. The first-order valence-corrected chi connectivity index (χ1v) is 7.64. The Morgan fingerprint density at radius 3 is 2.47 bits per heavy atom. The Bertz CT molecular complexity index is 325. The number of likely N-dealkylation sites (tertiary alicyclic amines) is 1. The summed E-state index contributed by atoms with van der Waals surface area (Å²) in [6.07, 6.45) is 6.74. The lowest BCUT2D eigenvalue weighted by Gasteiger charge is -2.38. The molecule has 1 heterocycles. The average molecular weight is 268 g/mol. The summed E-state index contributed by atoms with van der Waals surface area (Å²) in [7, 11) is 0. The molecule has 0 aromatic heterocycles. The smallest absolute Gasteiger partial charge is 0.410 e. The molecule has 2 N–H and O–H groups in total. The van der Waals surface area contributed by atoms with Crippen molar-refractivity contribution in [3.05, 3.63) is 0 Å². The van der Waals surface area contributed by atoms with Crippen LogP contribution in [-0.2, 0) is 4.74 Å². The number of carbonyl (C=O) groups is 1. The van der Waals surface area contributed by atoms with E-state index in [1.165, 1.54) is 12.8 Å². The fraction of sp³-hybridized carbons (Fsp3) is 0.933. The molecule has 110 valence electrons. The van der Waals surface area contributed by atoms with Crippen molar-refractivity contribution >= 4 is 6.09 Å². The predicted octanol–water partition coefficient (Wildman–Crippen LogP) is 2.90. The van der Waals surface area contributed by atoms with Crippen LogP contribution in [0, 0.1) is 5.92 Å². The first kappa shape index (κ1) is 14.6. The Hall–Kier alpha value is -0.770. The van der Waals surface area contributed by atoms with Crippen LogP contribution in [0.5, 0.6) is 0 Å². The molecule has 1 saturated heterocycles. The molecule has 2 fully saturated rings. The second-order valence-corrected chi connectivity index (χ2v) is 7.00. The van der Waals surface area contributed by atoms with Crippen molar-refractivity contribution in [3.63, 3.8) is 0 Å². The van der Waals surface area contributed by atoms with Crippen molar-refractivity contribution in [1.29, 1.82) is 0 Å². The Morgan fingerprint density at radius 2 is 1.84 bits per heavy atom. The summed E-state index contributed by atoms with van der Waals surface area (Å²) in [6.45, 7) is 6.58. The molecule has 1 saturated carbocycles. The molecular weight excluding hydrogens is 240 g/mol. The van der Waals surface area contributed by atoms with Gasteiger partial charge < -0.3 is 15.4 Å². The molecule has 3 atom stereocenters. The minimum absolute atomic E-state index is 0.159. The number of hydrogen-bond acceptors (Lipinski definition) is 3. The second-order valence-electron chi connectivity index (χ2n) is 7.00. The third-order valence-electron chi connectivity index (χ3n) is 4.30. The lowest BCUT2D eigenvalue weighted by molar-refractivity contribution is 0.0145. The van der Waals surface area contributed by atoms with Gasteiger partial charge in [0.25, 0.3) is 0 Å². The zero-order chi connectivity index (χ0) is 14.0. The van der Waals surface area contributed by atoms with E-state index in [9.17, 15) is 4.79 Å². The lowest BCUT2D eigenvalue weighted by Crippen LogP contribution is -2.49. The van der Waals surface area contributed by atoms with Crippen LogP contribution in [-0.4, -0.2) is 35.2 Å². The standard InChI is InChI=1S/C15H28N2O2/c1-15(2,3)19-14(18)17-10-6-9-13(17)11-7-4-5-8-12(11)16/h11-13H,4-10,16H2,1-3H3/t11-,12-,13+/m0/s1. The van der Waals surface area contributed by atoms with Crippen molar-refractivity contribution in [3.8, 4) is 0 Å². The summed E-state index contributed by atoms with van der Waals surface area (Å²) in [5.74, 6) is 0.462. The largest absolute Gasteiger partial charge is 0.444 e. The third kappa shape index (κ3) is 3.62. The lowest BCUT2D eigenvalue weighted by atomic mass is 9.79. The third-order valence-corrected chi connectivity index (χ3v) is 4.30. The molecule has 0 spiro atoms. The molecule has 0 aromatic rings. The molecule has 19 heavy (non-hydrogen) atoms. The van der Waals surface area contributed by atoms with Gasteiger partial charge in [0.15, 0.2) is 0 Å². The molecule has 4 heteroatoms. The average Bonchev–Trinajstić information content (AvgIpc) is 2.76. The number of hydrogen-bond donors (Lipinski definition) is 1. The van der Waals surface area contributed by atoms with Gasteiger partial charge in [-0.1, -0.05) is 12.8 Å². The van der Waals surface area contributed by atoms with Gasteiger partial charge in [-0.2, -0.15) is 0 Å². The second kappa shape index (κ2) is 5.70. The van der Waals surface area contributed by atoms with Crippen LogP contribution in [0.1, 0.15) is 59.3 Å². The molecular formula is C15H28N2O2. The Balaban J connectivity index is 2.01. The predicted molar refractivity (Wildman–Crippen MR) is 75.9 cm³/mol. The normalized spacial score (nSPS) is 32.4. The molecule has 0 unspecified atom stereocenters. The highest BCUT2D eigenvalue weighted by Crippen LogP contribution is 2.34. The SMILES string of the molecule is CC(C)(C)OC(=O)N1CCC[C@@H]1[C@H]1CCCC[C@@H]1N. The molecule has 2 rings (SSSR count). The number of amides is 1. The molecule has 1 aliphatic carbocycles. The summed E-state index contributed by atoms with van der Waals surface area (Å²) in [4.78, 5) is 14.2. The van der Waals surface area contributed by atoms with Crippen LogP contribution in [0.2, 0.25) is 0 Å². The van der Waals surface area contributed by atoms with Crippen LogP contribution in [0.25, 0.3) is 0 Å². The summed E-state index contributed by atoms with van der Waals surface area (Å²) in [5, 5.41) is 0. The van der Waals surface area contributed by atoms with Crippen molar-refractivity contribution in [2.24, 2.45) is 11.7 Å². The van der Waals surface area contributed by atoms with E-state index in [-0.39, 0.29) is 12.1 Å². The minimum Gasteiger partial charge on any atom is -0.444 e. The van der Waals surface area contributed by atoms with Crippen LogP contribution < -0.4 is 5.73 Å². The van der Waals surface area contributed by atoms with Gasteiger partial charge >= 0.3 is 6.09 Å². The quantitative estimate of drug-likeness (QED) is 0.795. The Morgan fingerprint density at radius 1 is 1.16 bits per heavy atom. The maximum absolute atomic E-state index is 12.3. The fourth-order valence-corrected chi connectivity index (χ4v) is 3.45. The maximum atomic E-state index is 12.3. The number of nitrogens with zero attached hydrogens (tertiary/aromatic N) is 1. The van der Waals surface area contributed by atoms with E-state index in [0.29, 0.717) is 12.0 Å². The number of ether oxygens (including phenoxy) is 1. The summed E-state index contributed by atoms with van der Waals surface area (Å²) in [5.41, 5.74) is 5.85. The monoisotopic (exact) mass is 268 g/mol. The number of rotatable bonds is 1. The van der Waals surface area contributed by atoms with Crippen molar-refractivity contribution in [1.82, 2.24) is 4.90 Å². The molecule has 2 aliphatic rings. The van der Waals surface area contributed by atoms with Crippen LogP contribution in [0.3, 0.4) is 0 Å². The molecule has 1 amide bonds. The van der Waals surface area contributed by atoms with Crippen LogP contribution in [0.15, 0.2) is 0 Å². The fourth-order valence-electron chi connectivity index (χ4n) is 3.45. The summed E-state index contributed by atoms with van der Waals surface area (Å²) < 4.78 is 5.52. The first-order chi connectivity index (χ1) is 8.88. The number of carbonyl (C=O) groups excluding carboxylic acids is 1. The highest BCUT2D eigenvalue weighted by Gasteiger charge is 2.39.